The highest BCUT2D eigenvalue weighted by Crippen LogP contribution is 2.13. The molecule has 0 aliphatic rings. The highest BCUT2D eigenvalue weighted by molar-refractivity contribution is 5.96. The molecule has 138 valence electrons. The maximum atomic E-state index is 11.9. The van der Waals surface area contributed by atoms with E-state index in [9.17, 15) is 27.6 Å². The predicted molar refractivity (Wildman–Crippen MR) is 80.0 cm³/mol. The van der Waals surface area contributed by atoms with Crippen LogP contribution in [0.1, 0.15) is 12.0 Å². The molecule has 7 nitrogen and oxygen atoms in total. The molecule has 0 saturated heterocycles. The van der Waals surface area contributed by atoms with Crippen molar-refractivity contribution in [3.05, 3.63) is 29.8 Å². The summed E-state index contributed by atoms with van der Waals surface area (Å²) in [6.45, 7) is -1.73. The summed E-state index contributed by atoms with van der Waals surface area (Å²) in [6.07, 6.45) is -4.78. The first-order chi connectivity index (χ1) is 11.7. The van der Waals surface area contributed by atoms with E-state index >= 15 is 0 Å². The van der Waals surface area contributed by atoms with Crippen molar-refractivity contribution < 1.29 is 37.4 Å². The number of amides is 2. The molecule has 0 aliphatic carbocycles. The van der Waals surface area contributed by atoms with Crippen molar-refractivity contribution in [2.24, 2.45) is 0 Å². The molecule has 0 saturated carbocycles. The molecule has 0 heterocycles. The smallest absolute Gasteiger partial charge is 0.405 e. The number of benzene rings is 1. The molecule has 1 rings (SSSR count). The van der Waals surface area contributed by atoms with Gasteiger partial charge in [-0.1, -0.05) is 12.1 Å². The lowest BCUT2D eigenvalue weighted by Gasteiger charge is -2.09. The molecule has 0 radical (unpaired) electrons. The lowest BCUT2D eigenvalue weighted by molar-refractivity contribution is -0.140. The quantitative estimate of drug-likeness (QED) is 0.566. The van der Waals surface area contributed by atoms with E-state index in [2.05, 4.69) is 5.32 Å². The highest BCUT2D eigenvalue weighted by Gasteiger charge is 2.27. The fraction of sp³-hybridized carbons (Fsp3) is 0.400. The number of carbonyl (C=O) groups excluding carboxylic acids is 2. The van der Waals surface area contributed by atoms with Crippen LogP contribution < -0.4 is 15.4 Å². The van der Waals surface area contributed by atoms with Gasteiger partial charge in [-0.05, 0) is 24.1 Å². The molecule has 1 aromatic rings. The van der Waals surface area contributed by atoms with Crippen molar-refractivity contribution in [1.29, 1.82) is 0 Å². The van der Waals surface area contributed by atoms with Crippen LogP contribution in [0.3, 0.4) is 0 Å². The van der Waals surface area contributed by atoms with E-state index in [1.807, 2.05) is 0 Å². The average molecular weight is 362 g/mol. The van der Waals surface area contributed by atoms with Crippen molar-refractivity contribution in [1.82, 2.24) is 10.6 Å². The summed E-state index contributed by atoms with van der Waals surface area (Å²) in [4.78, 5) is 33.0. The van der Waals surface area contributed by atoms with Crippen molar-refractivity contribution in [2.75, 3.05) is 19.7 Å². The average Bonchev–Trinajstić information content (AvgIpc) is 2.51. The van der Waals surface area contributed by atoms with E-state index in [0.717, 1.165) is 5.56 Å². The van der Waals surface area contributed by atoms with E-state index in [1.54, 1.807) is 29.6 Å². The molecule has 0 fully saturated rings. The van der Waals surface area contributed by atoms with Gasteiger partial charge >= 0.3 is 12.1 Å². The van der Waals surface area contributed by atoms with Crippen LogP contribution in [-0.2, 0) is 20.8 Å². The lowest BCUT2D eigenvalue weighted by Crippen LogP contribution is -2.37. The predicted octanol–water partition coefficient (Wildman–Crippen LogP) is 0.877. The van der Waals surface area contributed by atoms with E-state index < -0.39 is 43.5 Å². The zero-order valence-corrected chi connectivity index (χ0v) is 13.1. The van der Waals surface area contributed by atoms with Crippen LogP contribution in [0, 0.1) is 0 Å². The fourth-order valence-electron chi connectivity index (χ4n) is 1.71. The van der Waals surface area contributed by atoms with Gasteiger partial charge in [-0.15, -0.1) is 0 Å². The number of carbonyl (C=O) groups is 3. The monoisotopic (exact) mass is 362 g/mol. The van der Waals surface area contributed by atoms with Crippen LogP contribution >= 0.6 is 0 Å². The molecule has 0 bridgehead atoms. The Balaban J connectivity index is 2.26. The third-order valence-corrected chi connectivity index (χ3v) is 2.83. The number of carboxylic acid groups (broad SMARTS) is 1. The minimum absolute atomic E-state index is 0.195. The number of alkyl halides is 3. The topological polar surface area (TPSA) is 105 Å². The number of hydrogen-bond donors (Lipinski definition) is 3. The standard InChI is InChI=1S/C15H17F3N2O5/c16-15(17,18)9-20-13(22)7-12(21)19-6-5-10-1-3-11(4-2-10)25-8-14(23)24/h1-4H,5-9H2,(H,19,21)(H,20,22)(H,23,24). The molecule has 0 aliphatic heterocycles. The molecule has 25 heavy (non-hydrogen) atoms. The maximum Gasteiger partial charge on any atom is 0.405 e. The van der Waals surface area contributed by atoms with Crippen molar-refractivity contribution in [3.8, 4) is 5.75 Å². The second-order valence-corrected chi connectivity index (χ2v) is 5.00. The van der Waals surface area contributed by atoms with Crippen LogP contribution in [0.4, 0.5) is 13.2 Å². The van der Waals surface area contributed by atoms with Crippen LogP contribution in [-0.4, -0.2) is 48.8 Å². The number of aliphatic carboxylic acids is 1. The summed E-state index contributed by atoms with van der Waals surface area (Å²) < 4.78 is 40.7. The summed E-state index contributed by atoms with van der Waals surface area (Å²) in [5, 5.41) is 12.5. The molecule has 3 N–H and O–H groups in total. The molecule has 2 amide bonds. The Kier molecular flexibility index (Phi) is 7.70. The first kappa shape index (κ1) is 20.3. The second-order valence-electron chi connectivity index (χ2n) is 5.00. The first-order valence-corrected chi connectivity index (χ1v) is 7.19. The van der Waals surface area contributed by atoms with Crippen molar-refractivity contribution >= 4 is 17.8 Å². The SMILES string of the molecule is O=C(O)COc1ccc(CCNC(=O)CC(=O)NCC(F)(F)F)cc1. The first-order valence-electron chi connectivity index (χ1n) is 7.19. The van der Waals surface area contributed by atoms with E-state index in [1.165, 1.54) is 0 Å². The Morgan fingerprint density at radius 1 is 1.04 bits per heavy atom. The highest BCUT2D eigenvalue weighted by atomic mass is 19.4. The van der Waals surface area contributed by atoms with E-state index in [0.29, 0.717) is 12.2 Å². The minimum Gasteiger partial charge on any atom is -0.482 e. The molecule has 10 heteroatoms. The van der Waals surface area contributed by atoms with Gasteiger partial charge in [0.05, 0.1) is 0 Å². The van der Waals surface area contributed by atoms with Gasteiger partial charge in [-0.2, -0.15) is 13.2 Å². The van der Waals surface area contributed by atoms with Crippen LogP contribution in [0.25, 0.3) is 0 Å². The van der Waals surface area contributed by atoms with Gasteiger partial charge in [0.25, 0.3) is 0 Å². The van der Waals surface area contributed by atoms with Gasteiger partial charge in [-0.25, -0.2) is 4.79 Å². The van der Waals surface area contributed by atoms with Gasteiger partial charge < -0.3 is 20.5 Å². The molecule has 0 unspecified atom stereocenters. The Hall–Kier alpha value is -2.78. The Morgan fingerprint density at radius 3 is 2.20 bits per heavy atom. The number of nitrogens with one attached hydrogen (secondary N) is 2. The summed E-state index contributed by atoms with van der Waals surface area (Å²) in [7, 11) is 0. The Labute approximate surface area is 141 Å². The maximum absolute atomic E-state index is 11.9. The van der Waals surface area contributed by atoms with E-state index in [-0.39, 0.29) is 6.54 Å². The minimum atomic E-state index is -4.52. The van der Waals surface area contributed by atoms with Gasteiger partial charge in [0.15, 0.2) is 6.61 Å². The van der Waals surface area contributed by atoms with Crippen molar-refractivity contribution in [2.45, 2.75) is 19.0 Å². The molecule has 1 aromatic carbocycles. The number of carboxylic acids is 1. The van der Waals surface area contributed by atoms with Gasteiger partial charge in [0.1, 0.15) is 18.7 Å². The number of halogens is 3. The molecular formula is C15H17F3N2O5. The zero-order valence-electron chi connectivity index (χ0n) is 13.1. The third kappa shape index (κ3) is 9.84. The van der Waals surface area contributed by atoms with Gasteiger partial charge in [-0.3, -0.25) is 9.59 Å². The number of hydrogen-bond acceptors (Lipinski definition) is 4. The van der Waals surface area contributed by atoms with Gasteiger partial charge in [0.2, 0.25) is 11.8 Å². The molecule has 0 atom stereocenters. The Morgan fingerprint density at radius 2 is 1.64 bits per heavy atom. The summed E-state index contributed by atoms with van der Waals surface area (Å²) >= 11 is 0. The number of ether oxygens (including phenoxy) is 1. The van der Waals surface area contributed by atoms with Crippen LogP contribution in [0.5, 0.6) is 5.75 Å². The summed E-state index contributed by atoms with van der Waals surface area (Å²) in [6, 6.07) is 6.51. The molecule has 0 spiro atoms. The Bertz CT molecular complexity index is 602. The lowest BCUT2D eigenvalue weighted by atomic mass is 10.1. The van der Waals surface area contributed by atoms with Crippen LogP contribution in [0.2, 0.25) is 0 Å². The van der Waals surface area contributed by atoms with E-state index in [4.69, 9.17) is 9.84 Å². The van der Waals surface area contributed by atoms with Crippen molar-refractivity contribution in [3.63, 3.8) is 0 Å². The van der Waals surface area contributed by atoms with Crippen LogP contribution in [0.15, 0.2) is 24.3 Å². The van der Waals surface area contributed by atoms with Gasteiger partial charge in [0, 0.05) is 6.54 Å². The molecule has 0 aromatic heterocycles. The molecular weight excluding hydrogens is 345 g/mol. The zero-order chi connectivity index (χ0) is 18.9. The second kappa shape index (κ2) is 9.50. The summed E-state index contributed by atoms with van der Waals surface area (Å²) in [5.74, 6) is -2.39. The fourth-order valence-corrected chi connectivity index (χ4v) is 1.71. The largest absolute Gasteiger partial charge is 0.482 e. The third-order valence-electron chi connectivity index (χ3n) is 2.83. The summed E-state index contributed by atoms with van der Waals surface area (Å²) in [5.41, 5.74) is 0.824. The normalized spacial score (nSPS) is 10.8. The number of rotatable bonds is 9.